The zero-order chi connectivity index (χ0) is 11.2. The summed E-state index contributed by atoms with van der Waals surface area (Å²) in [7, 11) is 1.46. The van der Waals surface area contributed by atoms with Gasteiger partial charge in [-0.15, -0.1) is 0 Å². The highest BCUT2D eigenvalue weighted by Crippen LogP contribution is 2.21. The van der Waals surface area contributed by atoms with Crippen LogP contribution in [0.3, 0.4) is 0 Å². The van der Waals surface area contributed by atoms with E-state index in [0.717, 1.165) is 6.42 Å². The van der Waals surface area contributed by atoms with Crippen LogP contribution in [0.25, 0.3) is 0 Å². The Labute approximate surface area is 85.8 Å². The van der Waals surface area contributed by atoms with Crippen LogP contribution in [0.1, 0.15) is 33.6 Å². The first-order valence-electron chi connectivity index (χ1n) is 5.05. The number of ether oxygens (including phenoxy) is 2. The third-order valence-electron chi connectivity index (χ3n) is 2.23. The number of hydrogen-bond donors (Lipinski definition) is 2. The molecule has 86 valence electrons. The Morgan fingerprint density at radius 3 is 2.29 bits per heavy atom. The molecular weight excluding hydrogens is 184 g/mol. The highest BCUT2D eigenvalue weighted by atomic mass is 16.7. The quantitative estimate of drug-likeness (QED) is 0.608. The van der Waals surface area contributed by atoms with Crippen LogP contribution in [0.5, 0.6) is 0 Å². The summed E-state index contributed by atoms with van der Waals surface area (Å²) in [5, 5.41) is 19.5. The molecule has 0 aliphatic heterocycles. The SMILES string of the molecule is CCCOC(OC)C(C)(O)C(O)CC. The first-order chi connectivity index (χ1) is 6.50. The molecule has 0 heterocycles. The second kappa shape index (κ2) is 6.35. The Bertz CT molecular complexity index is 147. The van der Waals surface area contributed by atoms with Crippen LogP contribution in [0, 0.1) is 0 Å². The molecule has 3 unspecified atom stereocenters. The molecule has 4 heteroatoms. The molecule has 2 N–H and O–H groups in total. The van der Waals surface area contributed by atoms with Crippen LogP contribution in [-0.2, 0) is 9.47 Å². The molecule has 0 radical (unpaired) electrons. The Kier molecular flexibility index (Phi) is 6.27. The van der Waals surface area contributed by atoms with Gasteiger partial charge in [0.05, 0.1) is 6.10 Å². The molecule has 0 bridgehead atoms. The molecule has 0 aliphatic rings. The van der Waals surface area contributed by atoms with Gasteiger partial charge in [0.1, 0.15) is 5.60 Å². The average Bonchev–Trinajstić information content (AvgIpc) is 2.17. The standard InChI is InChI=1S/C10H22O4/c1-5-7-14-9(13-4)10(3,12)8(11)6-2/h8-9,11-12H,5-7H2,1-4H3. The van der Waals surface area contributed by atoms with Crippen LogP contribution >= 0.6 is 0 Å². The molecule has 0 amide bonds. The van der Waals surface area contributed by atoms with Gasteiger partial charge in [-0.2, -0.15) is 0 Å². The van der Waals surface area contributed by atoms with E-state index in [-0.39, 0.29) is 0 Å². The molecule has 0 rings (SSSR count). The van der Waals surface area contributed by atoms with Crippen molar-refractivity contribution >= 4 is 0 Å². The second-order valence-electron chi connectivity index (χ2n) is 3.59. The van der Waals surface area contributed by atoms with Crippen LogP contribution in [0.2, 0.25) is 0 Å². The van der Waals surface area contributed by atoms with Crippen LogP contribution in [0.4, 0.5) is 0 Å². The fourth-order valence-corrected chi connectivity index (χ4v) is 1.27. The maximum atomic E-state index is 9.97. The lowest BCUT2D eigenvalue weighted by Gasteiger charge is -2.34. The third-order valence-corrected chi connectivity index (χ3v) is 2.23. The van der Waals surface area contributed by atoms with Crippen molar-refractivity contribution in [1.82, 2.24) is 0 Å². The van der Waals surface area contributed by atoms with Crippen molar-refractivity contribution in [3.63, 3.8) is 0 Å². The summed E-state index contributed by atoms with van der Waals surface area (Å²) in [6.45, 7) is 5.79. The second-order valence-corrected chi connectivity index (χ2v) is 3.59. The van der Waals surface area contributed by atoms with E-state index in [4.69, 9.17) is 9.47 Å². The first-order valence-corrected chi connectivity index (χ1v) is 5.05. The Morgan fingerprint density at radius 2 is 1.93 bits per heavy atom. The predicted molar refractivity (Wildman–Crippen MR) is 54.0 cm³/mol. The van der Waals surface area contributed by atoms with E-state index < -0.39 is 18.0 Å². The van der Waals surface area contributed by atoms with Crippen molar-refractivity contribution in [1.29, 1.82) is 0 Å². The van der Waals surface area contributed by atoms with Gasteiger partial charge in [-0.3, -0.25) is 0 Å². The van der Waals surface area contributed by atoms with Gasteiger partial charge in [-0.1, -0.05) is 13.8 Å². The molecule has 0 aromatic rings. The maximum absolute atomic E-state index is 9.97. The van der Waals surface area contributed by atoms with E-state index in [1.54, 1.807) is 6.92 Å². The zero-order valence-electron chi connectivity index (χ0n) is 9.49. The van der Waals surface area contributed by atoms with Crippen molar-refractivity contribution in [2.24, 2.45) is 0 Å². The minimum Gasteiger partial charge on any atom is -0.390 e. The molecule has 0 spiro atoms. The normalized spacial score (nSPS) is 20.1. The summed E-state index contributed by atoms with van der Waals surface area (Å²) in [5.41, 5.74) is -1.36. The summed E-state index contributed by atoms with van der Waals surface area (Å²) >= 11 is 0. The van der Waals surface area contributed by atoms with Gasteiger partial charge < -0.3 is 19.7 Å². The summed E-state index contributed by atoms with van der Waals surface area (Å²) in [5.74, 6) is 0. The van der Waals surface area contributed by atoms with Crippen molar-refractivity contribution < 1.29 is 19.7 Å². The summed E-state index contributed by atoms with van der Waals surface area (Å²) < 4.78 is 10.3. The summed E-state index contributed by atoms with van der Waals surface area (Å²) in [6.07, 6.45) is -0.317. The molecule has 0 aliphatic carbocycles. The van der Waals surface area contributed by atoms with Gasteiger partial charge in [0.15, 0.2) is 6.29 Å². The van der Waals surface area contributed by atoms with E-state index in [0.29, 0.717) is 13.0 Å². The molecule has 0 fully saturated rings. The molecule has 14 heavy (non-hydrogen) atoms. The van der Waals surface area contributed by atoms with Crippen LogP contribution in [-0.4, -0.2) is 41.9 Å². The van der Waals surface area contributed by atoms with Gasteiger partial charge in [0, 0.05) is 13.7 Å². The van der Waals surface area contributed by atoms with Gasteiger partial charge in [0.2, 0.25) is 0 Å². The highest BCUT2D eigenvalue weighted by Gasteiger charge is 2.39. The van der Waals surface area contributed by atoms with Crippen LogP contribution < -0.4 is 0 Å². The number of rotatable bonds is 7. The van der Waals surface area contributed by atoms with Crippen LogP contribution in [0.15, 0.2) is 0 Å². The van der Waals surface area contributed by atoms with E-state index in [2.05, 4.69) is 0 Å². The summed E-state index contributed by atoms with van der Waals surface area (Å²) in [6, 6.07) is 0. The van der Waals surface area contributed by atoms with E-state index in [1.165, 1.54) is 14.0 Å². The average molecular weight is 206 g/mol. The molecule has 0 saturated carbocycles. The number of aliphatic hydroxyl groups excluding tert-OH is 1. The van der Waals surface area contributed by atoms with Gasteiger partial charge in [0.25, 0.3) is 0 Å². The first kappa shape index (κ1) is 13.8. The van der Waals surface area contributed by atoms with E-state index in [1.807, 2.05) is 6.92 Å². The lowest BCUT2D eigenvalue weighted by atomic mass is 9.96. The lowest BCUT2D eigenvalue weighted by Crippen LogP contribution is -2.51. The predicted octanol–water partition coefficient (Wildman–Crippen LogP) is 0.907. The number of hydrogen-bond acceptors (Lipinski definition) is 4. The Morgan fingerprint density at radius 1 is 1.36 bits per heavy atom. The smallest absolute Gasteiger partial charge is 0.188 e. The monoisotopic (exact) mass is 206 g/mol. The topological polar surface area (TPSA) is 58.9 Å². The molecule has 0 aromatic carbocycles. The molecule has 0 aromatic heterocycles. The molecule has 3 atom stereocenters. The third kappa shape index (κ3) is 3.53. The van der Waals surface area contributed by atoms with E-state index in [9.17, 15) is 10.2 Å². The van der Waals surface area contributed by atoms with Crippen molar-refractivity contribution in [2.45, 2.75) is 51.6 Å². The fourth-order valence-electron chi connectivity index (χ4n) is 1.27. The maximum Gasteiger partial charge on any atom is 0.188 e. The van der Waals surface area contributed by atoms with Gasteiger partial charge in [-0.25, -0.2) is 0 Å². The van der Waals surface area contributed by atoms with Crippen molar-refractivity contribution in [2.75, 3.05) is 13.7 Å². The zero-order valence-corrected chi connectivity index (χ0v) is 9.49. The molecule has 4 nitrogen and oxygen atoms in total. The number of aliphatic hydroxyl groups is 2. The van der Waals surface area contributed by atoms with Gasteiger partial charge in [-0.05, 0) is 19.8 Å². The molecular formula is C10H22O4. The number of methoxy groups -OCH3 is 1. The summed E-state index contributed by atoms with van der Waals surface area (Å²) in [4.78, 5) is 0. The Balaban J connectivity index is 4.31. The minimum atomic E-state index is -1.36. The van der Waals surface area contributed by atoms with Gasteiger partial charge >= 0.3 is 0 Å². The fraction of sp³-hybridized carbons (Fsp3) is 1.00. The Hall–Kier alpha value is -0.160. The largest absolute Gasteiger partial charge is 0.390 e. The van der Waals surface area contributed by atoms with Crippen molar-refractivity contribution in [3.8, 4) is 0 Å². The van der Waals surface area contributed by atoms with E-state index >= 15 is 0 Å². The molecule has 0 saturated heterocycles. The highest BCUT2D eigenvalue weighted by molar-refractivity contribution is 4.84. The lowest BCUT2D eigenvalue weighted by molar-refractivity contribution is -0.250. The minimum absolute atomic E-state index is 0.461. The van der Waals surface area contributed by atoms with Crippen molar-refractivity contribution in [3.05, 3.63) is 0 Å².